The van der Waals surface area contributed by atoms with Crippen molar-refractivity contribution in [2.45, 2.75) is 111 Å². The van der Waals surface area contributed by atoms with Crippen molar-refractivity contribution < 1.29 is 32.1 Å². The summed E-state index contributed by atoms with van der Waals surface area (Å²) in [4.78, 5) is 40.2. The maximum absolute atomic E-state index is 14.1. The molecule has 0 spiro atoms. The number of unbranched alkanes of at least 4 members (excludes halogenated alkanes) is 1. The lowest BCUT2D eigenvalue weighted by atomic mass is 9.43. The Morgan fingerprint density at radius 2 is 1.69 bits per heavy atom. The van der Waals surface area contributed by atoms with Crippen LogP contribution >= 0.6 is 0 Å². The third-order valence-corrected chi connectivity index (χ3v) is 12.3. The Labute approximate surface area is 304 Å². The molecule has 4 N–H and O–H groups in total. The first kappa shape index (κ1) is 39.0. The molecule has 0 aromatic heterocycles. The molecule has 1 saturated heterocycles. The topological polar surface area (TPSA) is 152 Å². The van der Waals surface area contributed by atoms with Crippen molar-refractivity contribution in [2.24, 2.45) is 29.1 Å². The molecule has 51 heavy (non-hydrogen) atoms. The molecule has 6 rings (SSSR count). The fraction of sp³-hybridized carbons (Fsp3) is 0.605. The normalized spacial score (nSPS) is 24.6. The van der Waals surface area contributed by atoms with Crippen molar-refractivity contribution in [3.8, 4) is 0 Å². The van der Waals surface area contributed by atoms with E-state index < -0.39 is 53.3 Å². The average Bonchev–Trinajstić information content (AvgIpc) is 3.43. The summed E-state index contributed by atoms with van der Waals surface area (Å²) in [6.07, 6.45) is 5.23. The molecule has 0 radical (unpaired) electrons. The van der Waals surface area contributed by atoms with E-state index in [9.17, 15) is 22.8 Å². The SMILES string of the molecule is CCCCc1ccc(C(=O)C[C@@H](CNS(=O)(=O)NC(=O)Nc2ccc(C)cc2)C(=O)N[C@@H](CC(C)C)B2O[C@@H]3C[C@H]4C[C@H](C4(C)C)[C@]3(C)O2)cc1. The van der Waals surface area contributed by atoms with Crippen LogP contribution in [0.4, 0.5) is 10.5 Å². The van der Waals surface area contributed by atoms with Crippen molar-refractivity contribution >= 4 is 40.7 Å². The van der Waals surface area contributed by atoms with Gasteiger partial charge in [-0.25, -0.2) is 9.52 Å². The molecule has 2 bridgehead atoms. The number of hydrogen-bond donors (Lipinski definition) is 4. The van der Waals surface area contributed by atoms with Crippen molar-refractivity contribution in [2.75, 3.05) is 11.9 Å². The fourth-order valence-corrected chi connectivity index (χ4v) is 8.90. The second-order valence-corrected chi connectivity index (χ2v) is 17.5. The van der Waals surface area contributed by atoms with Gasteiger partial charge in [-0.05, 0) is 86.8 Å². The first-order valence-electron chi connectivity index (χ1n) is 18.4. The highest BCUT2D eigenvalue weighted by Gasteiger charge is 2.68. The van der Waals surface area contributed by atoms with E-state index in [0.29, 0.717) is 29.5 Å². The van der Waals surface area contributed by atoms with Crippen LogP contribution in [0.1, 0.15) is 102 Å². The van der Waals surface area contributed by atoms with Crippen LogP contribution in [0.2, 0.25) is 0 Å². The highest BCUT2D eigenvalue weighted by molar-refractivity contribution is 7.88. The third kappa shape index (κ3) is 9.22. The van der Waals surface area contributed by atoms with Crippen LogP contribution in [0, 0.1) is 36.0 Å². The van der Waals surface area contributed by atoms with Crippen LogP contribution < -0.4 is 20.1 Å². The summed E-state index contributed by atoms with van der Waals surface area (Å²) < 4.78 is 43.5. The summed E-state index contributed by atoms with van der Waals surface area (Å²) in [5.41, 5.74) is 2.64. The Balaban J connectivity index is 1.30. The lowest BCUT2D eigenvalue weighted by molar-refractivity contribution is -0.199. The largest absolute Gasteiger partial charge is 0.481 e. The molecule has 11 nitrogen and oxygen atoms in total. The van der Waals surface area contributed by atoms with Gasteiger partial charge in [-0.2, -0.15) is 13.1 Å². The molecule has 13 heteroatoms. The molecular formula is C38H55BN4O7S. The molecule has 4 fully saturated rings. The van der Waals surface area contributed by atoms with Crippen molar-refractivity contribution in [3.05, 3.63) is 65.2 Å². The van der Waals surface area contributed by atoms with E-state index in [1.165, 1.54) is 0 Å². The van der Waals surface area contributed by atoms with Gasteiger partial charge >= 0.3 is 23.4 Å². The Hall–Kier alpha value is -3.26. The van der Waals surface area contributed by atoms with Crippen LogP contribution in [-0.2, 0) is 30.7 Å². The van der Waals surface area contributed by atoms with E-state index in [1.807, 2.05) is 23.8 Å². The zero-order valence-electron chi connectivity index (χ0n) is 31.1. The van der Waals surface area contributed by atoms with Crippen molar-refractivity contribution in [1.29, 1.82) is 0 Å². The molecule has 2 aromatic carbocycles. The Bertz CT molecular complexity index is 1670. The summed E-state index contributed by atoms with van der Waals surface area (Å²) in [5, 5.41) is 5.58. The number of aryl methyl sites for hydroxylation is 2. The number of carbonyl (C=O) groups excluding carboxylic acids is 3. The third-order valence-electron chi connectivity index (χ3n) is 11.3. The molecule has 1 aliphatic heterocycles. The summed E-state index contributed by atoms with van der Waals surface area (Å²) in [6, 6.07) is 13.2. The predicted octanol–water partition coefficient (Wildman–Crippen LogP) is 5.98. The van der Waals surface area contributed by atoms with E-state index in [-0.39, 0.29) is 29.6 Å². The number of benzene rings is 2. The van der Waals surface area contributed by atoms with Gasteiger partial charge in [0.2, 0.25) is 5.91 Å². The number of ketones is 1. The Morgan fingerprint density at radius 1 is 1.00 bits per heavy atom. The summed E-state index contributed by atoms with van der Waals surface area (Å²) >= 11 is 0. The number of anilines is 1. The van der Waals surface area contributed by atoms with Gasteiger partial charge in [0.25, 0.3) is 0 Å². The number of carbonyl (C=O) groups is 3. The molecule has 4 aliphatic rings. The minimum Gasteiger partial charge on any atom is -0.404 e. The first-order chi connectivity index (χ1) is 24.0. The predicted molar refractivity (Wildman–Crippen MR) is 199 cm³/mol. The first-order valence-corrected chi connectivity index (χ1v) is 19.9. The minimum atomic E-state index is -4.40. The molecule has 3 amide bonds. The maximum atomic E-state index is 14.1. The molecule has 2 aromatic rings. The van der Waals surface area contributed by atoms with Crippen molar-refractivity contribution in [3.63, 3.8) is 0 Å². The van der Waals surface area contributed by atoms with Gasteiger partial charge in [-0.3, -0.25) is 9.59 Å². The molecule has 3 saturated carbocycles. The van der Waals surface area contributed by atoms with E-state index in [2.05, 4.69) is 56.9 Å². The number of amides is 3. The molecule has 3 aliphatic carbocycles. The average molecular weight is 723 g/mol. The standard InChI is InChI=1S/C38H55BN4O7S/c1-8-9-10-26-13-15-27(16-14-26)31(44)20-28(23-40-51(47,48)43-36(46)41-30-17-11-25(4)12-18-30)35(45)42-34(19-24(2)3)39-49-33-22-29-21-32(37(29,5)6)38(33,7)50-39/h11-18,24,28-29,32-34,40H,8-10,19-23H2,1-7H3,(H,42,45)(H2,41,43,46)/t28-,29+,32+,33+,34-,38-/m0/s1. The van der Waals surface area contributed by atoms with Crippen LogP contribution in [0.5, 0.6) is 0 Å². The molecule has 1 heterocycles. The lowest BCUT2D eigenvalue weighted by Crippen LogP contribution is -2.65. The monoisotopic (exact) mass is 722 g/mol. The van der Waals surface area contributed by atoms with Crippen LogP contribution in [0.15, 0.2) is 48.5 Å². The van der Waals surface area contributed by atoms with E-state index in [1.54, 1.807) is 36.4 Å². The molecule has 0 unspecified atom stereocenters. The van der Waals surface area contributed by atoms with Crippen molar-refractivity contribution in [1.82, 2.24) is 14.8 Å². The summed E-state index contributed by atoms with van der Waals surface area (Å²) in [5.74, 6) is -1.31. The second kappa shape index (κ2) is 15.8. The van der Waals surface area contributed by atoms with E-state index in [0.717, 1.165) is 43.2 Å². The van der Waals surface area contributed by atoms with Gasteiger partial charge in [0, 0.05) is 24.2 Å². The van der Waals surface area contributed by atoms with E-state index in [4.69, 9.17) is 9.31 Å². The van der Waals surface area contributed by atoms with Gasteiger partial charge < -0.3 is 19.9 Å². The van der Waals surface area contributed by atoms with E-state index >= 15 is 0 Å². The Kier molecular flexibility index (Phi) is 12.1. The molecule has 6 atom stereocenters. The highest BCUT2D eigenvalue weighted by atomic mass is 32.2. The van der Waals surface area contributed by atoms with Gasteiger partial charge in [0.05, 0.1) is 23.6 Å². The molecule has 278 valence electrons. The number of Topliss-reactive ketones (excluding diaryl/α,β-unsaturated/α-hetero) is 1. The van der Waals surface area contributed by atoms with Gasteiger partial charge in [-0.1, -0.05) is 83.0 Å². The number of hydrogen-bond acceptors (Lipinski definition) is 7. The zero-order valence-corrected chi connectivity index (χ0v) is 31.9. The smallest absolute Gasteiger partial charge is 0.404 e. The van der Waals surface area contributed by atoms with Crippen LogP contribution in [0.3, 0.4) is 0 Å². The maximum Gasteiger partial charge on any atom is 0.481 e. The lowest BCUT2D eigenvalue weighted by Gasteiger charge is -2.64. The highest BCUT2D eigenvalue weighted by Crippen LogP contribution is 2.65. The quantitative estimate of drug-likeness (QED) is 0.123. The fourth-order valence-electron chi connectivity index (χ4n) is 8.12. The van der Waals surface area contributed by atoms with Gasteiger partial charge in [-0.15, -0.1) is 0 Å². The second-order valence-electron chi connectivity index (χ2n) is 16.0. The number of rotatable bonds is 16. The zero-order chi connectivity index (χ0) is 37.1. The molecular weight excluding hydrogens is 667 g/mol. The minimum absolute atomic E-state index is 0.0764. The number of urea groups is 1. The van der Waals surface area contributed by atoms with Gasteiger partial charge in [0.15, 0.2) is 5.78 Å². The van der Waals surface area contributed by atoms with Crippen LogP contribution in [0.25, 0.3) is 0 Å². The van der Waals surface area contributed by atoms with Crippen LogP contribution in [-0.4, -0.2) is 57.4 Å². The summed E-state index contributed by atoms with van der Waals surface area (Å²) in [7, 11) is -5.09. The Morgan fingerprint density at radius 3 is 2.31 bits per heavy atom. The summed E-state index contributed by atoms with van der Waals surface area (Å²) in [6.45, 7) is 14.4. The van der Waals surface area contributed by atoms with Gasteiger partial charge in [0.1, 0.15) is 0 Å². The number of nitrogens with one attached hydrogen (secondary N) is 4.